The first-order valence-electron chi connectivity index (χ1n) is 3.31. The zero-order valence-electron chi connectivity index (χ0n) is 6.03. The van der Waals surface area contributed by atoms with E-state index in [9.17, 15) is 4.79 Å². The van der Waals surface area contributed by atoms with Crippen LogP contribution >= 0.6 is 0 Å². The van der Waals surface area contributed by atoms with Crippen LogP contribution in [0.4, 0.5) is 0 Å². The van der Waals surface area contributed by atoms with Crippen LogP contribution in [-0.2, 0) is 0 Å². The summed E-state index contributed by atoms with van der Waals surface area (Å²) in [6, 6.07) is 3.61. The van der Waals surface area contributed by atoms with Gasteiger partial charge in [0.15, 0.2) is 0 Å². The molecule has 0 aliphatic heterocycles. The lowest BCUT2D eigenvalue weighted by Gasteiger charge is -1.92. The maximum absolute atomic E-state index is 11.1. The third kappa shape index (κ3) is 0.756. The molecule has 0 aliphatic rings. The Morgan fingerprint density at radius 1 is 1.55 bits per heavy atom. The first-order valence-corrected chi connectivity index (χ1v) is 3.31. The number of fused-ring (bicyclic) bond motifs is 1. The van der Waals surface area contributed by atoms with Crippen LogP contribution in [0.2, 0.25) is 0 Å². The second-order valence-corrected chi connectivity index (χ2v) is 2.39. The van der Waals surface area contributed by atoms with Crippen LogP contribution in [-0.4, -0.2) is 14.6 Å². The molecule has 1 N–H and O–H groups in total. The second kappa shape index (κ2) is 1.95. The maximum Gasteiger partial charge on any atom is 0.275 e. The van der Waals surface area contributed by atoms with E-state index >= 15 is 0 Å². The van der Waals surface area contributed by atoms with E-state index in [2.05, 4.69) is 10.1 Å². The van der Waals surface area contributed by atoms with Crippen LogP contribution in [0.15, 0.2) is 23.3 Å². The second-order valence-electron chi connectivity index (χ2n) is 2.39. The summed E-state index contributed by atoms with van der Waals surface area (Å²) < 4.78 is 1.61. The topological polar surface area (TPSA) is 50.2 Å². The van der Waals surface area contributed by atoms with Crippen molar-refractivity contribution < 1.29 is 0 Å². The lowest BCUT2D eigenvalue weighted by molar-refractivity contribution is 0.860. The van der Waals surface area contributed by atoms with Crippen LogP contribution in [0, 0.1) is 6.92 Å². The van der Waals surface area contributed by atoms with Crippen LogP contribution in [0.5, 0.6) is 0 Å². The molecule has 11 heavy (non-hydrogen) atoms. The van der Waals surface area contributed by atoms with E-state index < -0.39 is 0 Å². The lowest BCUT2D eigenvalue weighted by Crippen LogP contribution is -2.10. The van der Waals surface area contributed by atoms with E-state index in [0.29, 0.717) is 5.52 Å². The number of aromatic nitrogens is 3. The molecule has 0 bridgehead atoms. The van der Waals surface area contributed by atoms with Gasteiger partial charge in [-0.15, -0.1) is 0 Å². The third-order valence-corrected chi connectivity index (χ3v) is 1.65. The van der Waals surface area contributed by atoms with Crippen molar-refractivity contribution in [3.05, 3.63) is 34.5 Å². The fourth-order valence-electron chi connectivity index (χ4n) is 1.08. The predicted molar refractivity (Wildman–Crippen MR) is 40.5 cm³/mol. The molecule has 0 unspecified atom stereocenters. The average molecular weight is 149 g/mol. The number of aromatic amines is 1. The van der Waals surface area contributed by atoms with Crippen molar-refractivity contribution in [1.82, 2.24) is 14.6 Å². The fourth-order valence-corrected chi connectivity index (χ4v) is 1.08. The third-order valence-electron chi connectivity index (χ3n) is 1.65. The number of hydrogen-bond donors (Lipinski definition) is 1. The van der Waals surface area contributed by atoms with Crippen LogP contribution in [0.1, 0.15) is 5.69 Å². The molecule has 0 saturated heterocycles. The van der Waals surface area contributed by atoms with Gasteiger partial charge < -0.3 is 4.98 Å². The minimum atomic E-state index is -0.104. The number of nitrogens with one attached hydrogen (secondary N) is 1. The molecule has 0 saturated carbocycles. The molecule has 0 radical (unpaired) electrons. The van der Waals surface area contributed by atoms with Crippen molar-refractivity contribution in [1.29, 1.82) is 0 Å². The minimum absolute atomic E-state index is 0.104. The van der Waals surface area contributed by atoms with Gasteiger partial charge in [0.05, 0.1) is 0 Å². The summed E-state index contributed by atoms with van der Waals surface area (Å²) in [5, 5.41) is 3.96. The molecule has 0 aromatic carbocycles. The Bertz CT molecular complexity index is 440. The molecule has 2 rings (SSSR count). The summed E-state index contributed by atoms with van der Waals surface area (Å²) >= 11 is 0. The van der Waals surface area contributed by atoms with Gasteiger partial charge >= 0.3 is 0 Å². The highest BCUT2D eigenvalue weighted by atomic mass is 16.1. The Kier molecular flexibility index (Phi) is 1.09. The molecular formula is C7H7N3O. The number of rotatable bonds is 0. The van der Waals surface area contributed by atoms with Gasteiger partial charge in [-0.05, 0) is 19.1 Å². The number of H-pyrrole nitrogens is 1. The van der Waals surface area contributed by atoms with Crippen LogP contribution < -0.4 is 5.56 Å². The summed E-state index contributed by atoms with van der Waals surface area (Å²) in [6.07, 6.45) is 1.39. The number of aryl methyl sites for hydroxylation is 1. The highest BCUT2D eigenvalue weighted by Crippen LogP contribution is 2.00. The Labute approximate surface area is 62.5 Å². The average Bonchev–Trinajstić information content (AvgIpc) is 2.35. The minimum Gasteiger partial charge on any atom is -0.310 e. The first-order chi connectivity index (χ1) is 5.29. The summed E-state index contributed by atoms with van der Waals surface area (Å²) in [6.45, 7) is 1.90. The fraction of sp³-hybridized carbons (Fsp3) is 0.143. The molecule has 2 aromatic rings. The number of nitrogens with zero attached hydrogens (tertiary/aromatic N) is 2. The van der Waals surface area contributed by atoms with Gasteiger partial charge in [-0.25, -0.2) is 4.52 Å². The van der Waals surface area contributed by atoms with Crippen molar-refractivity contribution in [2.75, 3.05) is 0 Å². The highest BCUT2D eigenvalue weighted by molar-refractivity contribution is 5.45. The predicted octanol–water partition coefficient (Wildman–Crippen LogP) is 0.331. The highest BCUT2D eigenvalue weighted by Gasteiger charge is 1.99. The molecule has 0 spiro atoms. The SMILES string of the molecule is Cc1ccc2c(=O)[nH]cnn12. The van der Waals surface area contributed by atoms with E-state index in [4.69, 9.17) is 0 Å². The smallest absolute Gasteiger partial charge is 0.275 e. The molecule has 4 nitrogen and oxygen atoms in total. The number of hydrogen-bond acceptors (Lipinski definition) is 2. The molecule has 4 heteroatoms. The van der Waals surface area contributed by atoms with E-state index in [1.807, 2.05) is 13.0 Å². The van der Waals surface area contributed by atoms with E-state index in [1.165, 1.54) is 6.33 Å². The van der Waals surface area contributed by atoms with Gasteiger partial charge in [0.25, 0.3) is 5.56 Å². The molecular weight excluding hydrogens is 142 g/mol. The van der Waals surface area contributed by atoms with Gasteiger partial charge in [0.2, 0.25) is 0 Å². The van der Waals surface area contributed by atoms with Gasteiger partial charge in [-0.3, -0.25) is 4.79 Å². The molecule has 0 atom stereocenters. The Morgan fingerprint density at radius 3 is 3.09 bits per heavy atom. The van der Waals surface area contributed by atoms with Crippen molar-refractivity contribution >= 4 is 5.52 Å². The molecule has 0 fully saturated rings. The molecule has 2 aromatic heterocycles. The van der Waals surface area contributed by atoms with Crippen LogP contribution in [0.25, 0.3) is 5.52 Å². The van der Waals surface area contributed by atoms with Gasteiger partial charge in [0.1, 0.15) is 11.8 Å². The summed E-state index contributed by atoms with van der Waals surface area (Å²) in [5.41, 5.74) is 1.45. The Balaban J connectivity index is 3.06. The van der Waals surface area contributed by atoms with E-state index in [0.717, 1.165) is 5.69 Å². The van der Waals surface area contributed by atoms with Gasteiger partial charge in [-0.2, -0.15) is 5.10 Å². The first kappa shape index (κ1) is 6.15. The van der Waals surface area contributed by atoms with Crippen LogP contribution in [0.3, 0.4) is 0 Å². The van der Waals surface area contributed by atoms with Crippen molar-refractivity contribution in [2.24, 2.45) is 0 Å². The molecule has 0 amide bonds. The Morgan fingerprint density at radius 2 is 2.36 bits per heavy atom. The molecule has 56 valence electrons. The standard InChI is InChI=1S/C7H7N3O/c1-5-2-3-6-7(11)8-4-9-10(5)6/h2-4H,1H3,(H,8,9,11). The summed E-state index contributed by atoms with van der Waals surface area (Å²) in [7, 11) is 0. The largest absolute Gasteiger partial charge is 0.310 e. The van der Waals surface area contributed by atoms with E-state index in [-0.39, 0.29) is 5.56 Å². The van der Waals surface area contributed by atoms with Crippen molar-refractivity contribution in [3.63, 3.8) is 0 Å². The Hall–Kier alpha value is -1.58. The summed E-state index contributed by atoms with van der Waals surface area (Å²) in [5.74, 6) is 0. The normalized spacial score (nSPS) is 10.6. The van der Waals surface area contributed by atoms with E-state index in [1.54, 1.807) is 10.6 Å². The van der Waals surface area contributed by atoms with Gasteiger partial charge in [-0.1, -0.05) is 0 Å². The van der Waals surface area contributed by atoms with Crippen molar-refractivity contribution in [3.8, 4) is 0 Å². The quantitative estimate of drug-likeness (QED) is 0.586. The zero-order valence-corrected chi connectivity index (χ0v) is 6.03. The van der Waals surface area contributed by atoms with Gasteiger partial charge in [0, 0.05) is 5.69 Å². The monoisotopic (exact) mass is 149 g/mol. The maximum atomic E-state index is 11.1. The summed E-state index contributed by atoms with van der Waals surface area (Å²) in [4.78, 5) is 13.6. The lowest BCUT2D eigenvalue weighted by atomic mass is 10.5. The molecule has 0 aliphatic carbocycles. The van der Waals surface area contributed by atoms with Crippen molar-refractivity contribution in [2.45, 2.75) is 6.92 Å². The zero-order chi connectivity index (χ0) is 7.84. The molecule has 2 heterocycles.